The van der Waals surface area contributed by atoms with E-state index in [4.69, 9.17) is 9.47 Å². The van der Waals surface area contributed by atoms with Gasteiger partial charge < -0.3 is 14.8 Å². The molecule has 1 aliphatic rings. The standard InChI is InChI=1S/C25H19F3N4O4S/c26-25(27,28)32(37(33,34)20-4-2-1-3-5-20)24-23(29-12-13-30-24)18-8-6-17(7-9-18)15-31-19-10-11-21-22(14-19)36-16-35-21/h1-14,31H,15-16H2. The van der Waals surface area contributed by atoms with Crippen molar-refractivity contribution in [2.75, 3.05) is 16.4 Å². The Labute approximate surface area is 210 Å². The fraction of sp³-hybridized carbons (Fsp3) is 0.120. The summed E-state index contributed by atoms with van der Waals surface area (Å²) < 4.78 is 78.5. The molecule has 4 aromatic rings. The van der Waals surface area contributed by atoms with Crippen LogP contribution in [0.3, 0.4) is 0 Å². The summed E-state index contributed by atoms with van der Waals surface area (Å²) in [7, 11) is -5.02. The first kappa shape index (κ1) is 24.4. The van der Waals surface area contributed by atoms with Gasteiger partial charge in [0.15, 0.2) is 17.3 Å². The smallest absolute Gasteiger partial charge is 0.454 e. The highest BCUT2D eigenvalue weighted by atomic mass is 32.2. The molecule has 0 aliphatic carbocycles. The van der Waals surface area contributed by atoms with Gasteiger partial charge in [-0.25, -0.2) is 13.4 Å². The Balaban J connectivity index is 1.42. The summed E-state index contributed by atoms with van der Waals surface area (Å²) in [4.78, 5) is 7.29. The molecule has 1 N–H and O–H groups in total. The van der Waals surface area contributed by atoms with Crippen LogP contribution in [0.5, 0.6) is 11.5 Å². The molecular weight excluding hydrogens is 509 g/mol. The average molecular weight is 529 g/mol. The Morgan fingerprint density at radius 1 is 0.892 bits per heavy atom. The van der Waals surface area contributed by atoms with Crippen molar-refractivity contribution < 1.29 is 31.1 Å². The summed E-state index contributed by atoms with van der Waals surface area (Å²) in [6.07, 6.45) is -3.06. The number of anilines is 2. The molecule has 0 saturated heterocycles. The van der Waals surface area contributed by atoms with Crippen molar-refractivity contribution in [1.29, 1.82) is 0 Å². The van der Waals surface area contributed by atoms with Gasteiger partial charge in [0, 0.05) is 36.3 Å². The molecule has 37 heavy (non-hydrogen) atoms. The van der Waals surface area contributed by atoms with Gasteiger partial charge in [0.25, 0.3) is 10.0 Å². The second-order valence-electron chi connectivity index (χ2n) is 7.90. The van der Waals surface area contributed by atoms with E-state index in [9.17, 15) is 21.6 Å². The molecule has 12 heteroatoms. The molecule has 190 valence electrons. The Kier molecular flexibility index (Phi) is 6.34. The Morgan fingerprint density at radius 3 is 2.32 bits per heavy atom. The van der Waals surface area contributed by atoms with Crippen LogP contribution in [0.25, 0.3) is 11.3 Å². The van der Waals surface area contributed by atoms with Gasteiger partial charge in [-0.05, 0) is 29.8 Å². The minimum atomic E-state index is -5.28. The van der Waals surface area contributed by atoms with Gasteiger partial charge in [-0.2, -0.15) is 4.31 Å². The number of halogens is 3. The molecule has 0 saturated carbocycles. The maximum Gasteiger partial charge on any atom is 0.500 e. The second-order valence-corrected chi connectivity index (χ2v) is 9.68. The van der Waals surface area contributed by atoms with Crippen molar-refractivity contribution in [3.05, 3.63) is 90.8 Å². The third-order valence-electron chi connectivity index (χ3n) is 5.48. The molecule has 0 amide bonds. The van der Waals surface area contributed by atoms with Gasteiger partial charge in [0.05, 0.1) is 4.90 Å². The predicted octanol–water partition coefficient (Wildman–Crippen LogP) is 5.20. The molecule has 0 spiro atoms. The molecule has 0 unspecified atom stereocenters. The Morgan fingerprint density at radius 2 is 1.59 bits per heavy atom. The summed E-state index contributed by atoms with van der Waals surface area (Å²) in [6, 6.07) is 18.3. The summed E-state index contributed by atoms with van der Waals surface area (Å²) in [5.74, 6) is 0.456. The first-order valence-electron chi connectivity index (χ1n) is 10.9. The van der Waals surface area contributed by atoms with Crippen LogP contribution in [0, 0.1) is 0 Å². The number of alkyl halides is 3. The minimum absolute atomic E-state index is 0.170. The van der Waals surface area contributed by atoms with Crippen LogP contribution in [-0.4, -0.2) is 31.5 Å². The van der Waals surface area contributed by atoms with E-state index >= 15 is 0 Å². The third kappa shape index (κ3) is 5.00. The highest BCUT2D eigenvalue weighted by molar-refractivity contribution is 7.92. The maximum absolute atomic E-state index is 14.1. The Hall–Kier alpha value is -4.32. The molecule has 1 aliphatic heterocycles. The van der Waals surface area contributed by atoms with Gasteiger partial charge in [-0.3, -0.25) is 4.98 Å². The highest BCUT2D eigenvalue weighted by Crippen LogP contribution is 2.38. The zero-order valence-electron chi connectivity index (χ0n) is 19.0. The van der Waals surface area contributed by atoms with Crippen molar-refractivity contribution in [2.24, 2.45) is 0 Å². The van der Waals surface area contributed by atoms with E-state index in [0.29, 0.717) is 18.0 Å². The highest BCUT2D eigenvalue weighted by Gasteiger charge is 2.48. The lowest BCUT2D eigenvalue weighted by molar-refractivity contribution is -0.116. The maximum atomic E-state index is 14.1. The Bertz CT molecular complexity index is 1520. The molecule has 0 radical (unpaired) electrons. The van der Waals surface area contributed by atoms with Crippen LogP contribution in [0.4, 0.5) is 24.7 Å². The summed E-state index contributed by atoms with van der Waals surface area (Å²) in [5.41, 5.74) is 1.68. The molecule has 8 nitrogen and oxygen atoms in total. The molecule has 0 fully saturated rings. The molecule has 5 rings (SSSR count). The number of hydrogen-bond acceptors (Lipinski definition) is 7. The van der Waals surface area contributed by atoms with Crippen molar-refractivity contribution in [1.82, 2.24) is 9.97 Å². The monoisotopic (exact) mass is 528 g/mol. The molecule has 2 heterocycles. The van der Waals surface area contributed by atoms with E-state index in [0.717, 1.165) is 29.6 Å². The van der Waals surface area contributed by atoms with E-state index in [1.54, 1.807) is 36.4 Å². The normalized spacial score (nSPS) is 12.8. The quantitative estimate of drug-likeness (QED) is 0.330. The van der Waals surface area contributed by atoms with E-state index in [1.165, 1.54) is 24.4 Å². The van der Waals surface area contributed by atoms with Gasteiger partial charge in [0.2, 0.25) is 6.79 Å². The number of fused-ring (bicyclic) bond motifs is 1. The van der Waals surface area contributed by atoms with E-state index < -0.39 is 31.3 Å². The van der Waals surface area contributed by atoms with Crippen LogP contribution < -0.4 is 19.1 Å². The van der Waals surface area contributed by atoms with Crippen LogP contribution in [0.2, 0.25) is 0 Å². The van der Waals surface area contributed by atoms with Crippen molar-refractivity contribution in [3.8, 4) is 22.8 Å². The first-order valence-corrected chi connectivity index (χ1v) is 12.4. The summed E-state index contributed by atoms with van der Waals surface area (Å²) in [6.45, 7) is 0.591. The number of benzene rings is 3. The molecule has 0 atom stereocenters. The molecular formula is C25H19F3N4O4S. The molecule has 0 bridgehead atoms. The van der Waals surface area contributed by atoms with Crippen molar-refractivity contribution >= 4 is 21.5 Å². The second kappa shape index (κ2) is 9.62. The van der Waals surface area contributed by atoms with E-state index in [-0.39, 0.29) is 18.1 Å². The number of aromatic nitrogens is 2. The zero-order chi connectivity index (χ0) is 26.0. The lowest BCUT2D eigenvalue weighted by atomic mass is 10.1. The largest absolute Gasteiger partial charge is 0.500 e. The van der Waals surface area contributed by atoms with Gasteiger partial charge in [-0.15, -0.1) is 13.2 Å². The van der Waals surface area contributed by atoms with E-state index in [2.05, 4.69) is 15.3 Å². The van der Waals surface area contributed by atoms with Crippen LogP contribution in [0.15, 0.2) is 90.1 Å². The van der Waals surface area contributed by atoms with Gasteiger partial charge in [-0.1, -0.05) is 42.5 Å². The first-order chi connectivity index (χ1) is 17.7. The fourth-order valence-electron chi connectivity index (χ4n) is 3.74. The lowest BCUT2D eigenvalue weighted by Crippen LogP contribution is -2.43. The molecule has 1 aromatic heterocycles. The summed E-state index contributed by atoms with van der Waals surface area (Å²) in [5, 5.41) is 3.24. The van der Waals surface area contributed by atoms with Gasteiger partial charge in [0.1, 0.15) is 5.69 Å². The number of ether oxygens (including phenoxy) is 2. The number of nitrogens with one attached hydrogen (secondary N) is 1. The fourth-order valence-corrected chi connectivity index (χ4v) is 5.09. The zero-order valence-corrected chi connectivity index (χ0v) is 19.8. The topological polar surface area (TPSA) is 93.7 Å². The minimum Gasteiger partial charge on any atom is -0.454 e. The third-order valence-corrected chi connectivity index (χ3v) is 7.21. The number of rotatable bonds is 7. The average Bonchev–Trinajstić information content (AvgIpc) is 3.36. The lowest BCUT2D eigenvalue weighted by Gasteiger charge is -2.26. The SMILES string of the molecule is O=S(=O)(c1ccccc1)N(c1nccnc1-c1ccc(CNc2ccc3c(c2)OCO3)cc1)C(F)(F)F. The molecule has 3 aromatic carbocycles. The predicted molar refractivity (Wildman–Crippen MR) is 130 cm³/mol. The van der Waals surface area contributed by atoms with Crippen LogP contribution >= 0.6 is 0 Å². The van der Waals surface area contributed by atoms with Gasteiger partial charge >= 0.3 is 6.30 Å². The van der Waals surface area contributed by atoms with Crippen molar-refractivity contribution in [3.63, 3.8) is 0 Å². The van der Waals surface area contributed by atoms with Crippen LogP contribution in [-0.2, 0) is 16.6 Å². The summed E-state index contributed by atoms with van der Waals surface area (Å²) >= 11 is 0. The van der Waals surface area contributed by atoms with E-state index in [1.807, 2.05) is 6.07 Å². The number of nitrogens with zero attached hydrogens (tertiary/aromatic N) is 3. The van der Waals surface area contributed by atoms with Crippen LogP contribution in [0.1, 0.15) is 5.56 Å². The number of sulfonamides is 1. The van der Waals surface area contributed by atoms with Crippen molar-refractivity contribution in [2.45, 2.75) is 17.7 Å². The number of hydrogen-bond donors (Lipinski definition) is 1.